The zero-order valence-electron chi connectivity index (χ0n) is 10.7. The third kappa shape index (κ3) is 2.37. The second-order valence-electron chi connectivity index (χ2n) is 4.16. The summed E-state index contributed by atoms with van der Waals surface area (Å²) in [6.45, 7) is 1.97. The lowest BCUT2D eigenvalue weighted by Gasteiger charge is -2.11. The minimum Gasteiger partial charge on any atom is -0.495 e. The van der Waals surface area contributed by atoms with Gasteiger partial charge in [-0.05, 0) is 36.8 Å². The Morgan fingerprint density at radius 2 is 2.11 bits per heavy atom. The molecule has 0 saturated carbocycles. The Hall–Kier alpha value is -2.23. The smallest absolute Gasteiger partial charge is 0.272 e. The van der Waals surface area contributed by atoms with Crippen molar-refractivity contribution >= 4 is 11.6 Å². The number of nitrogens with zero attached hydrogens (tertiary/aromatic N) is 1. The summed E-state index contributed by atoms with van der Waals surface area (Å²) in [5, 5.41) is 2.86. The van der Waals surface area contributed by atoms with Crippen LogP contribution in [0.25, 0.3) is 0 Å². The first-order chi connectivity index (χ1) is 8.61. The molecule has 0 unspecified atom stereocenters. The zero-order chi connectivity index (χ0) is 13.1. The second kappa shape index (κ2) is 4.96. The van der Waals surface area contributed by atoms with Gasteiger partial charge in [-0.1, -0.05) is 6.07 Å². The molecule has 0 radical (unpaired) electrons. The number of ether oxygens (including phenoxy) is 1. The number of amides is 1. The maximum atomic E-state index is 12.1. The van der Waals surface area contributed by atoms with Gasteiger partial charge in [0.25, 0.3) is 5.91 Å². The van der Waals surface area contributed by atoms with E-state index in [-0.39, 0.29) is 5.91 Å². The predicted octanol–water partition coefficient (Wildman–Crippen LogP) is 2.59. The molecule has 1 N–H and O–H groups in total. The molecule has 4 nitrogen and oxygen atoms in total. The fourth-order valence-corrected chi connectivity index (χ4v) is 1.80. The molecule has 4 heteroatoms. The number of benzene rings is 1. The van der Waals surface area contributed by atoms with Crippen LogP contribution in [0.2, 0.25) is 0 Å². The van der Waals surface area contributed by atoms with Gasteiger partial charge in [0.15, 0.2) is 0 Å². The molecule has 0 aliphatic carbocycles. The Morgan fingerprint density at radius 1 is 1.33 bits per heavy atom. The van der Waals surface area contributed by atoms with Gasteiger partial charge in [0, 0.05) is 13.2 Å². The van der Waals surface area contributed by atoms with Crippen molar-refractivity contribution in [3.63, 3.8) is 0 Å². The van der Waals surface area contributed by atoms with Crippen LogP contribution in [0.4, 0.5) is 5.69 Å². The molecule has 0 aliphatic heterocycles. The minimum atomic E-state index is -0.147. The third-order valence-electron chi connectivity index (χ3n) is 2.78. The molecular weight excluding hydrogens is 228 g/mol. The number of carbonyl (C=O) groups is 1. The van der Waals surface area contributed by atoms with Crippen LogP contribution in [0.3, 0.4) is 0 Å². The highest BCUT2D eigenvalue weighted by Gasteiger charge is 2.11. The topological polar surface area (TPSA) is 43.3 Å². The number of methoxy groups -OCH3 is 1. The first-order valence-corrected chi connectivity index (χ1v) is 5.69. The lowest BCUT2D eigenvalue weighted by atomic mass is 10.2. The summed E-state index contributed by atoms with van der Waals surface area (Å²) in [4.78, 5) is 12.1. The third-order valence-corrected chi connectivity index (χ3v) is 2.78. The van der Waals surface area contributed by atoms with Gasteiger partial charge in [-0.25, -0.2) is 0 Å². The molecule has 1 aromatic heterocycles. The van der Waals surface area contributed by atoms with Gasteiger partial charge < -0.3 is 14.6 Å². The van der Waals surface area contributed by atoms with E-state index < -0.39 is 0 Å². The van der Waals surface area contributed by atoms with Crippen molar-refractivity contribution < 1.29 is 9.53 Å². The average Bonchev–Trinajstić information content (AvgIpc) is 2.76. The van der Waals surface area contributed by atoms with Gasteiger partial charge in [0.1, 0.15) is 11.4 Å². The molecular formula is C14H16N2O2. The van der Waals surface area contributed by atoms with Gasteiger partial charge in [-0.15, -0.1) is 0 Å². The molecule has 1 amide bonds. The number of aryl methyl sites for hydroxylation is 2. The van der Waals surface area contributed by atoms with E-state index in [1.807, 2.05) is 44.4 Å². The number of anilines is 1. The second-order valence-corrected chi connectivity index (χ2v) is 4.16. The maximum absolute atomic E-state index is 12.1. The Morgan fingerprint density at radius 3 is 2.72 bits per heavy atom. The SMILES string of the molecule is COc1ccc(C)cc1NC(=O)c1cccn1C. The number of rotatable bonds is 3. The first-order valence-electron chi connectivity index (χ1n) is 5.69. The number of aromatic nitrogens is 1. The van der Waals surface area contributed by atoms with Crippen molar-refractivity contribution in [1.82, 2.24) is 4.57 Å². The van der Waals surface area contributed by atoms with Crippen LogP contribution in [-0.2, 0) is 7.05 Å². The Bertz CT molecular complexity index is 573. The molecule has 1 aromatic carbocycles. The van der Waals surface area contributed by atoms with Crippen molar-refractivity contribution in [2.75, 3.05) is 12.4 Å². The van der Waals surface area contributed by atoms with E-state index in [1.165, 1.54) is 0 Å². The maximum Gasteiger partial charge on any atom is 0.272 e. The van der Waals surface area contributed by atoms with E-state index in [1.54, 1.807) is 17.7 Å². The van der Waals surface area contributed by atoms with E-state index in [0.717, 1.165) is 5.56 Å². The first kappa shape index (κ1) is 12.2. The van der Waals surface area contributed by atoms with Crippen LogP contribution in [-0.4, -0.2) is 17.6 Å². The van der Waals surface area contributed by atoms with Gasteiger partial charge in [0.2, 0.25) is 0 Å². The summed E-state index contributed by atoms with van der Waals surface area (Å²) >= 11 is 0. The molecule has 94 valence electrons. The van der Waals surface area contributed by atoms with E-state index >= 15 is 0 Å². The Labute approximate surface area is 106 Å². The minimum absolute atomic E-state index is 0.147. The Kier molecular flexibility index (Phi) is 3.37. The van der Waals surface area contributed by atoms with Crippen molar-refractivity contribution in [2.45, 2.75) is 6.92 Å². The lowest BCUT2D eigenvalue weighted by Crippen LogP contribution is -2.15. The highest BCUT2D eigenvalue weighted by molar-refractivity contribution is 6.04. The van der Waals surface area contributed by atoms with Crippen LogP contribution in [0.15, 0.2) is 36.5 Å². The quantitative estimate of drug-likeness (QED) is 0.901. The van der Waals surface area contributed by atoms with E-state index in [9.17, 15) is 4.79 Å². The molecule has 0 spiro atoms. The summed E-state index contributed by atoms with van der Waals surface area (Å²) in [5.74, 6) is 0.509. The van der Waals surface area contributed by atoms with Gasteiger partial charge >= 0.3 is 0 Å². The molecule has 0 atom stereocenters. The van der Waals surface area contributed by atoms with E-state index in [0.29, 0.717) is 17.1 Å². The molecule has 0 saturated heterocycles. The summed E-state index contributed by atoms with van der Waals surface area (Å²) < 4.78 is 7.00. The van der Waals surface area contributed by atoms with Crippen molar-refractivity contribution in [3.8, 4) is 5.75 Å². The fraction of sp³-hybridized carbons (Fsp3) is 0.214. The highest BCUT2D eigenvalue weighted by Crippen LogP contribution is 2.25. The van der Waals surface area contributed by atoms with Crippen LogP contribution < -0.4 is 10.1 Å². The number of hydrogen-bond donors (Lipinski definition) is 1. The molecule has 0 fully saturated rings. The number of hydrogen-bond acceptors (Lipinski definition) is 2. The zero-order valence-corrected chi connectivity index (χ0v) is 10.7. The van der Waals surface area contributed by atoms with Crippen LogP contribution >= 0.6 is 0 Å². The van der Waals surface area contributed by atoms with Crippen molar-refractivity contribution in [3.05, 3.63) is 47.8 Å². The van der Waals surface area contributed by atoms with Crippen molar-refractivity contribution in [1.29, 1.82) is 0 Å². The number of nitrogens with one attached hydrogen (secondary N) is 1. The number of carbonyl (C=O) groups excluding carboxylic acids is 1. The van der Waals surface area contributed by atoms with Gasteiger partial charge in [-0.2, -0.15) is 0 Å². The Balaban J connectivity index is 2.27. The predicted molar refractivity (Wildman–Crippen MR) is 71.1 cm³/mol. The monoisotopic (exact) mass is 244 g/mol. The highest BCUT2D eigenvalue weighted by atomic mass is 16.5. The lowest BCUT2D eigenvalue weighted by molar-refractivity contribution is 0.101. The normalized spacial score (nSPS) is 10.2. The summed E-state index contributed by atoms with van der Waals surface area (Å²) in [6.07, 6.45) is 1.84. The van der Waals surface area contributed by atoms with Crippen LogP contribution in [0.5, 0.6) is 5.75 Å². The van der Waals surface area contributed by atoms with Gasteiger partial charge in [0.05, 0.1) is 12.8 Å². The standard InChI is InChI=1S/C14H16N2O2/c1-10-6-7-13(18-3)11(9-10)15-14(17)12-5-4-8-16(12)2/h4-9H,1-3H3,(H,15,17). The molecule has 18 heavy (non-hydrogen) atoms. The molecule has 0 aliphatic rings. The van der Waals surface area contributed by atoms with Crippen LogP contribution in [0.1, 0.15) is 16.1 Å². The fourth-order valence-electron chi connectivity index (χ4n) is 1.80. The molecule has 0 bridgehead atoms. The summed E-state index contributed by atoms with van der Waals surface area (Å²) in [5.41, 5.74) is 2.36. The van der Waals surface area contributed by atoms with Gasteiger partial charge in [-0.3, -0.25) is 4.79 Å². The van der Waals surface area contributed by atoms with E-state index in [2.05, 4.69) is 5.32 Å². The molecule has 2 aromatic rings. The van der Waals surface area contributed by atoms with E-state index in [4.69, 9.17) is 4.74 Å². The summed E-state index contributed by atoms with van der Waals surface area (Å²) in [6, 6.07) is 9.28. The van der Waals surface area contributed by atoms with Crippen LogP contribution in [0, 0.1) is 6.92 Å². The average molecular weight is 244 g/mol. The van der Waals surface area contributed by atoms with Crippen molar-refractivity contribution in [2.24, 2.45) is 7.05 Å². The summed E-state index contributed by atoms with van der Waals surface area (Å²) in [7, 11) is 3.42. The molecule has 2 rings (SSSR count). The largest absolute Gasteiger partial charge is 0.495 e. The molecule has 1 heterocycles.